The molecule has 0 radical (unpaired) electrons. The van der Waals surface area contributed by atoms with Crippen LogP contribution in [-0.4, -0.2) is 9.97 Å². The Morgan fingerprint density at radius 3 is 2.84 bits per heavy atom. The molecule has 2 heterocycles. The fraction of sp³-hybridized carbons (Fsp3) is 0.200. The van der Waals surface area contributed by atoms with Gasteiger partial charge in [0.25, 0.3) is 0 Å². The molecule has 1 N–H and O–H groups in total. The van der Waals surface area contributed by atoms with Crippen LogP contribution >= 0.6 is 11.3 Å². The molecule has 0 saturated carbocycles. The van der Waals surface area contributed by atoms with E-state index >= 15 is 0 Å². The minimum absolute atomic E-state index is 0.884. The Labute approximate surface area is 116 Å². The first-order valence-corrected chi connectivity index (χ1v) is 7.15. The Hall–Kier alpha value is -1.94. The number of hydrogen-bond acceptors (Lipinski definition) is 4. The summed E-state index contributed by atoms with van der Waals surface area (Å²) in [7, 11) is 0. The highest BCUT2D eigenvalue weighted by atomic mass is 32.1. The molecular formula is C15H15N3S. The first kappa shape index (κ1) is 12.1. The van der Waals surface area contributed by atoms with Gasteiger partial charge in [-0.1, -0.05) is 25.1 Å². The summed E-state index contributed by atoms with van der Waals surface area (Å²) in [4.78, 5) is 11.1. The number of fused-ring (bicyclic) bond motifs is 1. The Balaban J connectivity index is 2.05. The third kappa shape index (κ3) is 2.31. The highest BCUT2D eigenvalue weighted by Gasteiger charge is 2.08. The van der Waals surface area contributed by atoms with Crippen molar-refractivity contribution in [3.05, 3.63) is 47.1 Å². The van der Waals surface area contributed by atoms with E-state index in [1.54, 1.807) is 17.7 Å². The van der Waals surface area contributed by atoms with Crippen LogP contribution in [0.3, 0.4) is 0 Å². The Morgan fingerprint density at radius 1 is 1.21 bits per heavy atom. The largest absolute Gasteiger partial charge is 0.339 e. The van der Waals surface area contributed by atoms with Gasteiger partial charge in [0, 0.05) is 10.6 Å². The number of para-hydroxylation sites is 1. The number of rotatable bonds is 3. The second-order valence-electron chi connectivity index (χ2n) is 4.45. The zero-order valence-corrected chi connectivity index (χ0v) is 11.8. The second kappa shape index (κ2) is 4.97. The van der Waals surface area contributed by atoms with E-state index in [4.69, 9.17) is 0 Å². The van der Waals surface area contributed by atoms with Gasteiger partial charge < -0.3 is 5.32 Å². The third-order valence-corrected chi connectivity index (χ3v) is 4.31. The first-order valence-electron chi connectivity index (χ1n) is 6.34. The molecule has 2 aromatic heterocycles. The van der Waals surface area contributed by atoms with Gasteiger partial charge in [-0.3, -0.25) is 0 Å². The fourth-order valence-corrected chi connectivity index (χ4v) is 2.95. The van der Waals surface area contributed by atoms with Crippen molar-refractivity contribution in [1.82, 2.24) is 9.97 Å². The standard InChI is InChI=1S/C15H15N3S/c1-3-11-8-12-14(16-9-17-15(12)19-11)18-13-7-5-4-6-10(13)2/h4-9H,3H2,1-2H3,(H,16,17,18). The maximum Gasteiger partial charge on any atom is 0.142 e. The topological polar surface area (TPSA) is 37.8 Å². The smallest absolute Gasteiger partial charge is 0.142 e. The SMILES string of the molecule is CCc1cc2c(Nc3ccccc3C)ncnc2s1. The quantitative estimate of drug-likeness (QED) is 0.770. The first-order chi connectivity index (χ1) is 9.28. The Kier molecular flexibility index (Phi) is 3.17. The van der Waals surface area contributed by atoms with Gasteiger partial charge in [0.1, 0.15) is 17.0 Å². The Bertz CT molecular complexity index is 718. The fourth-order valence-electron chi connectivity index (χ4n) is 2.02. The number of benzene rings is 1. The van der Waals surface area contributed by atoms with Gasteiger partial charge in [-0.15, -0.1) is 11.3 Å². The van der Waals surface area contributed by atoms with Crippen LogP contribution in [0.5, 0.6) is 0 Å². The lowest BCUT2D eigenvalue weighted by Gasteiger charge is -2.08. The monoisotopic (exact) mass is 269 g/mol. The number of hydrogen-bond donors (Lipinski definition) is 1. The number of anilines is 2. The summed E-state index contributed by atoms with van der Waals surface area (Å²) in [6, 6.07) is 10.4. The minimum Gasteiger partial charge on any atom is -0.339 e. The molecular weight excluding hydrogens is 254 g/mol. The van der Waals surface area contributed by atoms with Crippen LogP contribution in [-0.2, 0) is 6.42 Å². The predicted molar refractivity (Wildman–Crippen MR) is 81.3 cm³/mol. The van der Waals surface area contributed by atoms with Crippen LogP contribution in [0, 0.1) is 6.92 Å². The average molecular weight is 269 g/mol. The molecule has 0 fully saturated rings. The van der Waals surface area contributed by atoms with Crippen molar-refractivity contribution in [2.24, 2.45) is 0 Å². The zero-order valence-electron chi connectivity index (χ0n) is 11.0. The van der Waals surface area contributed by atoms with Crippen molar-refractivity contribution in [3.8, 4) is 0 Å². The molecule has 0 unspecified atom stereocenters. The predicted octanol–water partition coefficient (Wildman–Crippen LogP) is 4.31. The molecule has 0 atom stereocenters. The van der Waals surface area contributed by atoms with Gasteiger partial charge in [-0.25, -0.2) is 9.97 Å². The number of thiophene rings is 1. The van der Waals surface area contributed by atoms with Crippen LogP contribution in [0.25, 0.3) is 10.2 Å². The lowest BCUT2D eigenvalue weighted by atomic mass is 10.2. The Morgan fingerprint density at radius 2 is 2.05 bits per heavy atom. The van der Waals surface area contributed by atoms with E-state index in [1.165, 1.54) is 10.4 Å². The maximum absolute atomic E-state index is 4.38. The van der Waals surface area contributed by atoms with Crippen LogP contribution in [0.1, 0.15) is 17.4 Å². The second-order valence-corrected chi connectivity index (χ2v) is 5.56. The molecule has 0 aliphatic carbocycles. The van der Waals surface area contributed by atoms with Gasteiger partial charge in [0.2, 0.25) is 0 Å². The minimum atomic E-state index is 0.884. The molecule has 96 valence electrons. The number of nitrogens with one attached hydrogen (secondary N) is 1. The van der Waals surface area contributed by atoms with E-state index in [0.717, 1.165) is 28.1 Å². The molecule has 1 aromatic carbocycles. The molecule has 4 heteroatoms. The molecule has 0 aliphatic rings. The summed E-state index contributed by atoms with van der Waals surface area (Å²) >= 11 is 1.74. The highest BCUT2D eigenvalue weighted by molar-refractivity contribution is 7.18. The molecule has 19 heavy (non-hydrogen) atoms. The van der Waals surface area contributed by atoms with E-state index in [9.17, 15) is 0 Å². The molecule has 3 nitrogen and oxygen atoms in total. The molecule has 0 aliphatic heterocycles. The van der Waals surface area contributed by atoms with Gasteiger partial charge in [0.05, 0.1) is 5.39 Å². The van der Waals surface area contributed by atoms with Crippen molar-refractivity contribution >= 4 is 33.1 Å². The van der Waals surface area contributed by atoms with Gasteiger partial charge in [0.15, 0.2) is 0 Å². The van der Waals surface area contributed by atoms with Crippen LogP contribution in [0.15, 0.2) is 36.7 Å². The van der Waals surface area contributed by atoms with E-state index in [1.807, 2.05) is 12.1 Å². The molecule has 0 bridgehead atoms. The zero-order chi connectivity index (χ0) is 13.2. The number of aryl methyl sites for hydroxylation is 2. The number of nitrogens with zero attached hydrogens (tertiary/aromatic N) is 2. The van der Waals surface area contributed by atoms with E-state index in [2.05, 4.69) is 47.3 Å². The molecule has 0 amide bonds. The lowest BCUT2D eigenvalue weighted by molar-refractivity contribution is 1.19. The van der Waals surface area contributed by atoms with Gasteiger partial charge in [-0.2, -0.15) is 0 Å². The van der Waals surface area contributed by atoms with Gasteiger partial charge >= 0.3 is 0 Å². The molecule has 3 aromatic rings. The summed E-state index contributed by atoms with van der Waals surface area (Å²) in [6.07, 6.45) is 2.66. The summed E-state index contributed by atoms with van der Waals surface area (Å²) in [5.74, 6) is 0.884. The maximum atomic E-state index is 4.38. The molecule has 3 rings (SSSR count). The summed E-state index contributed by atoms with van der Waals surface area (Å²) in [5.41, 5.74) is 2.30. The van der Waals surface area contributed by atoms with E-state index in [-0.39, 0.29) is 0 Å². The van der Waals surface area contributed by atoms with Crippen LogP contribution in [0.4, 0.5) is 11.5 Å². The van der Waals surface area contributed by atoms with E-state index < -0.39 is 0 Å². The van der Waals surface area contributed by atoms with Crippen molar-refractivity contribution in [2.45, 2.75) is 20.3 Å². The van der Waals surface area contributed by atoms with E-state index in [0.29, 0.717) is 0 Å². The summed E-state index contributed by atoms with van der Waals surface area (Å²) in [6.45, 7) is 4.25. The van der Waals surface area contributed by atoms with Crippen molar-refractivity contribution in [2.75, 3.05) is 5.32 Å². The summed E-state index contributed by atoms with van der Waals surface area (Å²) < 4.78 is 0. The van der Waals surface area contributed by atoms with Gasteiger partial charge in [-0.05, 0) is 31.0 Å². The van der Waals surface area contributed by atoms with Crippen molar-refractivity contribution < 1.29 is 0 Å². The molecule has 0 spiro atoms. The molecule has 0 saturated heterocycles. The highest BCUT2D eigenvalue weighted by Crippen LogP contribution is 2.30. The van der Waals surface area contributed by atoms with Crippen LogP contribution in [0.2, 0.25) is 0 Å². The summed E-state index contributed by atoms with van der Waals surface area (Å²) in [5, 5.41) is 4.51. The van der Waals surface area contributed by atoms with Crippen molar-refractivity contribution in [1.29, 1.82) is 0 Å². The normalized spacial score (nSPS) is 10.8. The number of aromatic nitrogens is 2. The third-order valence-electron chi connectivity index (χ3n) is 3.13. The van der Waals surface area contributed by atoms with Crippen molar-refractivity contribution in [3.63, 3.8) is 0 Å². The average Bonchev–Trinajstić information content (AvgIpc) is 2.85. The van der Waals surface area contributed by atoms with Crippen LogP contribution < -0.4 is 5.32 Å². The lowest BCUT2D eigenvalue weighted by Crippen LogP contribution is -1.96.